The lowest BCUT2D eigenvalue weighted by Crippen LogP contribution is -2.32. The number of rotatable bonds is 4. The minimum Gasteiger partial charge on any atom is -0.377 e. The van der Waals surface area contributed by atoms with Crippen LogP contribution in [0, 0.1) is 0 Å². The maximum absolute atomic E-state index is 13.0. The molecule has 0 spiro atoms. The third-order valence-corrected chi connectivity index (χ3v) is 4.48. The molecular formula is C20H15F3N6O2. The SMILES string of the molecule is N[C@H](O)Cn1cnc2c(-c3cccnc3)nc(-c3ccc(C(F)(F)F)nc3)cc2c1=O. The van der Waals surface area contributed by atoms with E-state index >= 15 is 0 Å². The van der Waals surface area contributed by atoms with Crippen LogP contribution >= 0.6 is 0 Å². The fourth-order valence-electron chi connectivity index (χ4n) is 3.06. The first-order valence-electron chi connectivity index (χ1n) is 9.02. The Morgan fingerprint density at radius 1 is 1.13 bits per heavy atom. The average molecular weight is 428 g/mol. The molecule has 0 saturated heterocycles. The Morgan fingerprint density at radius 3 is 2.55 bits per heavy atom. The summed E-state index contributed by atoms with van der Waals surface area (Å²) in [6.45, 7) is -0.177. The third kappa shape index (κ3) is 4.13. The second kappa shape index (κ2) is 7.85. The Bertz CT molecular complexity index is 1290. The lowest BCUT2D eigenvalue weighted by molar-refractivity contribution is -0.141. The molecule has 0 aliphatic heterocycles. The van der Waals surface area contributed by atoms with Gasteiger partial charge >= 0.3 is 6.18 Å². The van der Waals surface area contributed by atoms with Crippen LogP contribution in [0.2, 0.25) is 0 Å². The fourth-order valence-corrected chi connectivity index (χ4v) is 3.06. The topological polar surface area (TPSA) is 120 Å². The normalized spacial score (nSPS) is 12.8. The van der Waals surface area contributed by atoms with E-state index in [-0.39, 0.29) is 28.7 Å². The van der Waals surface area contributed by atoms with E-state index in [1.807, 2.05) is 0 Å². The molecule has 158 valence electrons. The molecule has 0 fully saturated rings. The first-order valence-corrected chi connectivity index (χ1v) is 9.02. The van der Waals surface area contributed by atoms with Crippen LogP contribution in [0.25, 0.3) is 33.4 Å². The predicted octanol–water partition coefficient (Wildman–Crippen LogP) is 2.21. The number of halogens is 3. The fraction of sp³-hybridized carbons (Fsp3) is 0.150. The van der Waals surface area contributed by atoms with Gasteiger partial charge in [-0.2, -0.15) is 13.2 Å². The van der Waals surface area contributed by atoms with Gasteiger partial charge in [-0.3, -0.25) is 19.3 Å². The monoisotopic (exact) mass is 428 g/mol. The van der Waals surface area contributed by atoms with E-state index in [2.05, 4.69) is 19.9 Å². The number of nitrogens with zero attached hydrogens (tertiary/aromatic N) is 5. The summed E-state index contributed by atoms with van der Waals surface area (Å²) in [4.78, 5) is 29.3. The Hall–Kier alpha value is -3.70. The molecule has 4 rings (SSSR count). The highest BCUT2D eigenvalue weighted by molar-refractivity contribution is 5.93. The van der Waals surface area contributed by atoms with Crippen molar-refractivity contribution in [3.8, 4) is 22.5 Å². The van der Waals surface area contributed by atoms with E-state index in [1.165, 1.54) is 24.7 Å². The number of hydrogen-bond acceptors (Lipinski definition) is 7. The Morgan fingerprint density at radius 2 is 1.94 bits per heavy atom. The molecular weight excluding hydrogens is 413 g/mol. The van der Waals surface area contributed by atoms with Gasteiger partial charge in [0.05, 0.1) is 29.6 Å². The van der Waals surface area contributed by atoms with Crippen LogP contribution < -0.4 is 11.3 Å². The van der Waals surface area contributed by atoms with Crippen molar-refractivity contribution in [2.75, 3.05) is 0 Å². The van der Waals surface area contributed by atoms with Gasteiger partial charge in [0.15, 0.2) is 0 Å². The summed E-state index contributed by atoms with van der Waals surface area (Å²) in [7, 11) is 0. The third-order valence-electron chi connectivity index (χ3n) is 4.48. The first kappa shape index (κ1) is 20.6. The Balaban J connectivity index is 1.95. The van der Waals surface area contributed by atoms with Crippen LogP contribution in [0.3, 0.4) is 0 Å². The second-order valence-electron chi connectivity index (χ2n) is 6.69. The van der Waals surface area contributed by atoms with Crippen LogP contribution in [-0.2, 0) is 12.7 Å². The van der Waals surface area contributed by atoms with E-state index in [4.69, 9.17) is 5.73 Å². The van der Waals surface area contributed by atoms with E-state index in [0.29, 0.717) is 11.3 Å². The highest BCUT2D eigenvalue weighted by Gasteiger charge is 2.32. The standard InChI is InChI=1S/C20H15F3N6O2/c21-20(22,23)15-4-3-11(8-26-15)14-6-13-18(17(28-14)12-2-1-5-25-7-12)27-10-29(19(13)31)9-16(24)30/h1-8,10,16,30H,9,24H2/t16-/m1/s1. The van der Waals surface area contributed by atoms with Crippen molar-refractivity contribution in [1.29, 1.82) is 0 Å². The lowest BCUT2D eigenvalue weighted by Gasteiger charge is -2.12. The minimum atomic E-state index is -4.57. The molecule has 0 aromatic carbocycles. The van der Waals surface area contributed by atoms with Gasteiger partial charge in [0.2, 0.25) is 0 Å². The molecule has 8 nitrogen and oxygen atoms in total. The molecule has 0 amide bonds. The summed E-state index contributed by atoms with van der Waals surface area (Å²) >= 11 is 0. The summed E-state index contributed by atoms with van der Waals surface area (Å²) in [5, 5.41) is 9.59. The van der Waals surface area contributed by atoms with Crippen molar-refractivity contribution in [3.63, 3.8) is 0 Å². The molecule has 0 saturated carbocycles. The summed E-state index contributed by atoms with van der Waals surface area (Å²) < 4.78 is 39.7. The molecule has 31 heavy (non-hydrogen) atoms. The van der Waals surface area contributed by atoms with E-state index < -0.39 is 23.7 Å². The van der Waals surface area contributed by atoms with Crippen molar-refractivity contribution in [1.82, 2.24) is 24.5 Å². The van der Waals surface area contributed by atoms with Crippen molar-refractivity contribution in [3.05, 3.63) is 71.3 Å². The molecule has 4 heterocycles. The molecule has 0 bridgehead atoms. The molecule has 11 heteroatoms. The predicted molar refractivity (Wildman–Crippen MR) is 105 cm³/mol. The molecule has 4 aromatic heterocycles. The van der Waals surface area contributed by atoms with E-state index in [0.717, 1.165) is 16.8 Å². The van der Waals surface area contributed by atoms with Gasteiger partial charge in [0, 0.05) is 29.7 Å². The van der Waals surface area contributed by atoms with Gasteiger partial charge in [-0.05, 0) is 30.3 Å². The minimum absolute atomic E-state index is 0.159. The van der Waals surface area contributed by atoms with Crippen LogP contribution in [0.15, 0.2) is 60.0 Å². The number of aliphatic hydroxyl groups is 1. The van der Waals surface area contributed by atoms with Gasteiger partial charge in [0.1, 0.15) is 17.4 Å². The maximum Gasteiger partial charge on any atom is 0.433 e. The number of hydrogen-bond donors (Lipinski definition) is 2. The quantitative estimate of drug-likeness (QED) is 0.478. The van der Waals surface area contributed by atoms with Gasteiger partial charge in [-0.25, -0.2) is 9.97 Å². The summed E-state index contributed by atoms with van der Waals surface area (Å²) in [6, 6.07) is 6.91. The average Bonchev–Trinajstić information content (AvgIpc) is 2.75. The van der Waals surface area contributed by atoms with E-state index in [9.17, 15) is 23.1 Å². The number of nitrogens with two attached hydrogens (primary N) is 1. The molecule has 0 aliphatic carbocycles. The molecule has 3 N–H and O–H groups in total. The zero-order valence-electron chi connectivity index (χ0n) is 15.8. The van der Waals surface area contributed by atoms with Crippen molar-refractivity contribution >= 4 is 10.9 Å². The highest BCUT2D eigenvalue weighted by Crippen LogP contribution is 2.31. The highest BCUT2D eigenvalue weighted by atomic mass is 19.4. The molecule has 0 aliphatic rings. The molecule has 4 aromatic rings. The number of aromatic nitrogens is 5. The van der Waals surface area contributed by atoms with Crippen molar-refractivity contribution in [2.45, 2.75) is 18.9 Å². The lowest BCUT2D eigenvalue weighted by atomic mass is 10.1. The van der Waals surface area contributed by atoms with Crippen LogP contribution in [0.4, 0.5) is 13.2 Å². The first-order chi connectivity index (χ1) is 14.7. The van der Waals surface area contributed by atoms with Crippen molar-refractivity contribution in [2.24, 2.45) is 5.73 Å². The van der Waals surface area contributed by atoms with Gasteiger partial charge in [-0.1, -0.05) is 0 Å². The van der Waals surface area contributed by atoms with Crippen LogP contribution in [0.5, 0.6) is 0 Å². The smallest absolute Gasteiger partial charge is 0.377 e. The number of pyridine rings is 3. The Kier molecular flexibility index (Phi) is 5.21. The van der Waals surface area contributed by atoms with Gasteiger partial charge < -0.3 is 10.8 Å². The zero-order valence-corrected chi connectivity index (χ0v) is 15.8. The largest absolute Gasteiger partial charge is 0.433 e. The van der Waals surface area contributed by atoms with E-state index in [1.54, 1.807) is 18.3 Å². The van der Waals surface area contributed by atoms with Crippen molar-refractivity contribution < 1.29 is 18.3 Å². The number of aliphatic hydroxyl groups excluding tert-OH is 1. The van der Waals surface area contributed by atoms with Gasteiger partial charge in [0.25, 0.3) is 5.56 Å². The van der Waals surface area contributed by atoms with Gasteiger partial charge in [-0.15, -0.1) is 0 Å². The number of alkyl halides is 3. The zero-order chi connectivity index (χ0) is 22.2. The van der Waals surface area contributed by atoms with Crippen LogP contribution in [0.1, 0.15) is 5.69 Å². The maximum atomic E-state index is 13.0. The summed E-state index contributed by atoms with van der Waals surface area (Å²) in [5.41, 5.74) is 5.56. The molecule has 0 unspecified atom stereocenters. The summed E-state index contributed by atoms with van der Waals surface area (Å²) in [6.07, 6.45) is -0.442. The Labute approximate surface area is 172 Å². The molecule has 0 radical (unpaired) electrons. The summed E-state index contributed by atoms with van der Waals surface area (Å²) in [5.74, 6) is 0. The molecule has 1 atom stereocenters. The number of fused-ring (bicyclic) bond motifs is 1. The second-order valence-corrected chi connectivity index (χ2v) is 6.69. The van der Waals surface area contributed by atoms with Crippen LogP contribution in [-0.4, -0.2) is 35.8 Å².